The predicted octanol–water partition coefficient (Wildman–Crippen LogP) is 3.17. The van der Waals surface area contributed by atoms with Crippen LogP contribution in [0.25, 0.3) is 0 Å². The second-order valence-corrected chi connectivity index (χ2v) is 4.64. The first kappa shape index (κ1) is 14.0. The number of anilines is 1. The van der Waals surface area contributed by atoms with E-state index in [-0.39, 0.29) is 5.82 Å². The number of rotatable bonds is 6. The van der Waals surface area contributed by atoms with Gasteiger partial charge in [-0.25, -0.2) is 4.39 Å². The highest BCUT2D eigenvalue weighted by molar-refractivity contribution is 5.49. The second kappa shape index (κ2) is 6.60. The molecule has 17 heavy (non-hydrogen) atoms. The third kappa shape index (κ3) is 4.00. The Labute approximate surface area is 104 Å². The van der Waals surface area contributed by atoms with Crippen LogP contribution in [0.1, 0.15) is 32.8 Å². The Hall–Kier alpha value is -1.09. The summed E-state index contributed by atoms with van der Waals surface area (Å²) in [4.78, 5) is 2.24. The molecule has 0 atom stereocenters. The molecule has 0 heterocycles. The third-order valence-corrected chi connectivity index (χ3v) is 2.74. The van der Waals surface area contributed by atoms with Gasteiger partial charge in [-0.05, 0) is 51.1 Å². The van der Waals surface area contributed by atoms with E-state index < -0.39 is 0 Å². The van der Waals surface area contributed by atoms with Crippen LogP contribution in [0.4, 0.5) is 10.1 Å². The Kier molecular flexibility index (Phi) is 5.42. The van der Waals surface area contributed by atoms with E-state index in [9.17, 15) is 4.39 Å². The lowest BCUT2D eigenvalue weighted by molar-refractivity contribution is 0.617. The summed E-state index contributed by atoms with van der Waals surface area (Å²) in [6, 6.07) is 5.66. The molecule has 2 nitrogen and oxygen atoms in total. The van der Waals surface area contributed by atoms with Gasteiger partial charge in [-0.3, -0.25) is 0 Å². The lowest BCUT2D eigenvalue weighted by Crippen LogP contribution is -2.31. The van der Waals surface area contributed by atoms with Gasteiger partial charge in [0.15, 0.2) is 0 Å². The summed E-state index contributed by atoms with van der Waals surface area (Å²) in [6.07, 6.45) is 1.07. The fourth-order valence-corrected chi connectivity index (χ4v) is 2.03. The molecule has 0 aromatic heterocycles. The van der Waals surface area contributed by atoms with Gasteiger partial charge in [0.2, 0.25) is 0 Å². The van der Waals surface area contributed by atoms with Gasteiger partial charge in [0.25, 0.3) is 0 Å². The Balaban J connectivity index is 3.00. The molecule has 0 amide bonds. The summed E-state index contributed by atoms with van der Waals surface area (Å²) in [5.74, 6) is -0.158. The van der Waals surface area contributed by atoms with Crippen molar-refractivity contribution in [2.45, 2.75) is 39.8 Å². The van der Waals surface area contributed by atoms with Crippen molar-refractivity contribution in [3.05, 3.63) is 29.6 Å². The molecule has 0 spiro atoms. The minimum atomic E-state index is -0.158. The van der Waals surface area contributed by atoms with E-state index in [4.69, 9.17) is 0 Å². The number of benzene rings is 1. The van der Waals surface area contributed by atoms with E-state index in [1.54, 1.807) is 12.1 Å². The molecular formula is C14H23FN2. The number of nitrogens with one attached hydrogen (secondary N) is 1. The average Bonchev–Trinajstić information content (AvgIpc) is 2.25. The van der Waals surface area contributed by atoms with Gasteiger partial charge in [-0.15, -0.1) is 0 Å². The lowest BCUT2D eigenvalue weighted by atomic mass is 10.1. The van der Waals surface area contributed by atoms with Gasteiger partial charge < -0.3 is 10.2 Å². The molecule has 0 fully saturated rings. The Morgan fingerprint density at radius 3 is 2.53 bits per heavy atom. The number of nitrogens with zero attached hydrogens (tertiary/aromatic N) is 1. The fourth-order valence-electron chi connectivity index (χ4n) is 2.03. The quantitative estimate of drug-likeness (QED) is 0.819. The minimum Gasteiger partial charge on any atom is -0.369 e. The van der Waals surface area contributed by atoms with Crippen LogP contribution < -0.4 is 10.2 Å². The van der Waals surface area contributed by atoms with E-state index in [1.165, 1.54) is 0 Å². The van der Waals surface area contributed by atoms with Crippen molar-refractivity contribution >= 4 is 5.69 Å². The fraction of sp³-hybridized carbons (Fsp3) is 0.571. The summed E-state index contributed by atoms with van der Waals surface area (Å²) in [5, 5.41) is 3.05. The van der Waals surface area contributed by atoms with Crippen molar-refractivity contribution < 1.29 is 4.39 Å². The average molecular weight is 238 g/mol. The van der Waals surface area contributed by atoms with Crippen LogP contribution in [-0.4, -0.2) is 19.6 Å². The Bertz CT molecular complexity index is 350. The molecule has 0 unspecified atom stereocenters. The maximum absolute atomic E-state index is 13.6. The van der Waals surface area contributed by atoms with Crippen LogP contribution in [0.3, 0.4) is 0 Å². The maximum Gasteiger partial charge on any atom is 0.125 e. The van der Waals surface area contributed by atoms with Crippen LogP contribution in [0.2, 0.25) is 0 Å². The van der Waals surface area contributed by atoms with Gasteiger partial charge in [-0.1, -0.05) is 6.92 Å². The van der Waals surface area contributed by atoms with E-state index >= 15 is 0 Å². The zero-order valence-electron chi connectivity index (χ0n) is 11.3. The molecule has 1 rings (SSSR count). The van der Waals surface area contributed by atoms with Gasteiger partial charge in [0.05, 0.1) is 0 Å². The SMILES string of the molecule is CCCN(c1cc(F)cc(CNC)c1)C(C)C. The van der Waals surface area contributed by atoms with Crippen LogP contribution in [-0.2, 0) is 6.54 Å². The standard InChI is InChI=1S/C14H23FN2/c1-5-6-17(11(2)3)14-8-12(10-16-4)7-13(15)9-14/h7-9,11,16H,5-6,10H2,1-4H3. The molecule has 0 radical (unpaired) electrons. The van der Waals surface area contributed by atoms with Crippen LogP contribution in [0, 0.1) is 5.82 Å². The van der Waals surface area contributed by atoms with Gasteiger partial charge in [0.1, 0.15) is 5.82 Å². The monoisotopic (exact) mass is 238 g/mol. The molecule has 0 aliphatic carbocycles. The number of hydrogen-bond donors (Lipinski definition) is 1. The maximum atomic E-state index is 13.6. The van der Waals surface area contributed by atoms with Gasteiger partial charge in [0, 0.05) is 24.8 Å². The first-order valence-corrected chi connectivity index (χ1v) is 6.29. The summed E-state index contributed by atoms with van der Waals surface area (Å²) in [6.45, 7) is 8.07. The summed E-state index contributed by atoms with van der Waals surface area (Å²) in [7, 11) is 1.87. The van der Waals surface area contributed by atoms with Crippen molar-refractivity contribution in [3.8, 4) is 0 Å². The highest BCUT2D eigenvalue weighted by atomic mass is 19.1. The molecule has 0 saturated carbocycles. The predicted molar refractivity (Wildman–Crippen MR) is 71.9 cm³/mol. The normalized spacial score (nSPS) is 10.9. The smallest absolute Gasteiger partial charge is 0.125 e. The van der Waals surface area contributed by atoms with Gasteiger partial charge >= 0.3 is 0 Å². The summed E-state index contributed by atoms with van der Waals surface area (Å²) < 4.78 is 13.6. The van der Waals surface area contributed by atoms with Crippen LogP contribution >= 0.6 is 0 Å². The van der Waals surface area contributed by atoms with Crippen molar-refractivity contribution in [2.75, 3.05) is 18.5 Å². The molecule has 0 aliphatic heterocycles. The molecule has 1 aromatic rings. The third-order valence-electron chi connectivity index (χ3n) is 2.74. The molecule has 96 valence electrons. The Morgan fingerprint density at radius 1 is 1.29 bits per heavy atom. The highest BCUT2D eigenvalue weighted by Crippen LogP contribution is 2.21. The molecular weight excluding hydrogens is 215 g/mol. The van der Waals surface area contributed by atoms with E-state index in [0.717, 1.165) is 24.2 Å². The first-order valence-electron chi connectivity index (χ1n) is 6.29. The molecule has 1 N–H and O–H groups in total. The lowest BCUT2D eigenvalue weighted by Gasteiger charge is -2.29. The zero-order valence-corrected chi connectivity index (χ0v) is 11.3. The zero-order chi connectivity index (χ0) is 12.8. The topological polar surface area (TPSA) is 15.3 Å². The largest absolute Gasteiger partial charge is 0.369 e. The number of halogens is 1. The molecule has 0 saturated heterocycles. The Morgan fingerprint density at radius 2 is 2.00 bits per heavy atom. The van der Waals surface area contributed by atoms with E-state index in [0.29, 0.717) is 12.6 Å². The summed E-state index contributed by atoms with van der Waals surface area (Å²) >= 11 is 0. The van der Waals surface area contributed by atoms with Crippen molar-refractivity contribution in [1.82, 2.24) is 5.32 Å². The van der Waals surface area contributed by atoms with E-state index in [1.807, 2.05) is 7.05 Å². The van der Waals surface area contributed by atoms with Crippen molar-refractivity contribution in [2.24, 2.45) is 0 Å². The van der Waals surface area contributed by atoms with Crippen molar-refractivity contribution in [3.63, 3.8) is 0 Å². The molecule has 1 aromatic carbocycles. The minimum absolute atomic E-state index is 0.158. The van der Waals surface area contributed by atoms with Crippen LogP contribution in [0.5, 0.6) is 0 Å². The molecule has 3 heteroatoms. The number of hydrogen-bond acceptors (Lipinski definition) is 2. The first-order chi connectivity index (χ1) is 8.08. The van der Waals surface area contributed by atoms with E-state index in [2.05, 4.69) is 37.1 Å². The van der Waals surface area contributed by atoms with Gasteiger partial charge in [-0.2, -0.15) is 0 Å². The van der Waals surface area contributed by atoms with Crippen LogP contribution in [0.15, 0.2) is 18.2 Å². The highest BCUT2D eigenvalue weighted by Gasteiger charge is 2.11. The molecule has 0 aliphatic rings. The summed E-state index contributed by atoms with van der Waals surface area (Å²) in [5.41, 5.74) is 1.97. The van der Waals surface area contributed by atoms with Crippen molar-refractivity contribution in [1.29, 1.82) is 0 Å². The second-order valence-electron chi connectivity index (χ2n) is 4.64. The molecule has 0 bridgehead atoms.